The van der Waals surface area contributed by atoms with Gasteiger partial charge in [-0.25, -0.2) is 4.98 Å². The van der Waals surface area contributed by atoms with E-state index in [1.165, 1.54) is 10.4 Å². The van der Waals surface area contributed by atoms with Crippen LogP contribution in [-0.4, -0.2) is 34.8 Å². The van der Waals surface area contributed by atoms with Gasteiger partial charge in [0.15, 0.2) is 5.13 Å². The second-order valence-corrected chi connectivity index (χ2v) is 7.79. The highest BCUT2D eigenvalue weighted by Crippen LogP contribution is 2.31. The third-order valence-corrected chi connectivity index (χ3v) is 6.00. The SMILES string of the molecule is O=C(Nc1nc2c(s1)CCC2)C1CC(=O)N(CCc2ccccc2)C1. The maximum absolute atomic E-state index is 12.5. The fourth-order valence-corrected chi connectivity index (χ4v) is 4.58. The number of carbonyl (C=O) groups is 2. The largest absolute Gasteiger partial charge is 0.342 e. The Morgan fingerprint density at radius 3 is 2.92 bits per heavy atom. The molecule has 2 aromatic rings. The average Bonchev–Trinajstić information content (AvgIpc) is 3.29. The summed E-state index contributed by atoms with van der Waals surface area (Å²) in [5.74, 6) is -0.289. The lowest BCUT2D eigenvalue weighted by atomic mass is 10.1. The van der Waals surface area contributed by atoms with Gasteiger partial charge < -0.3 is 10.2 Å². The van der Waals surface area contributed by atoms with E-state index in [-0.39, 0.29) is 17.7 Å². The molecule has 2 amide bonds. The molecule has 1 atom stereocenters. The van der Waals surface area contributed by atoms with E-state index in [0.29, 0.717) is 24.6 Å². The van der Waals surface area contributed by atoms with Gasteiger partial charge in [-0.3, -0.25) is 9.59 Å². The smallest absolute Gasteiger partial charge is 0.231 e. The van der Waals surface area contributed by atoms with Crippen LogP contribution in [0.2, 0.25) is 0 Å². The third kappa shape index (κ3) is 3.58. The number of hydrogen-bond acceptors (Lipinski definition) is 4. The summed E-state index contributed by atoms with van der Waals surface area (Å²) in [4.78, 5) is 32.3. The number of thiazole rings is 1. The first-order valence-corrected chi connectivity index (χ1v) is 9.62. The van der Waals surface area contributed by atoms with E-state index in [1.54, 1.807) is 16.2 Å². The molecule has 0 spiro atoms. The predicted octanol–water partition coefficient (Wildman–Crippen LogP) is 2.66. The van der Waals surface area contributed by atoms with Crippen LogP contribution in [0.4, 0.5) is 5.13 Å². The maximum atomic E-state index is 12.5. The summed E-state index contributed by atoms with van der Waals surface area (Å²) in [6.45, 7) is 1.17. The second kappa shape index (κ2) is 6.96. The van der Waals surface area contributed by atoms with E-state index in [9.17, 15) is 9.59 Å². The van der Waals surface area contributed by atoms with Gasteiger partial charge in [-0.05, 0) is 31.2 Å². The van der Waals surface area contributed by atoms with Crippen LogP contribution in [0.5, 0.6) is 0 Å². The highest BCUT2D eigenvalue weighted by atomic mass is 32.1. The Balaban J connectivity index is 1.32. The Hall–Kier alpha value is -2.21. The highest BCUT2D eigenvalue weighted by molar-refractivity contribution is 7.15. The summed E-state index contributed by atoms with van der Waals surface area (Å²) < 4.78 is 0. The van der Waals surface area contributed by atoms with Gasteiger partial charge in [0.05, 0.1) is 11.6 Å². The van der Waals surface area contributed by atoms with Crippen molar-refractivity contribution in [3.63, 3.8) is 0 Å². The molecule has 4 rings (SSSR count). The summed E-state index contributed by atoms with van der Waals surface area (Å²) in [7, 11) is 0. The Labute approximate surface area is 151 Å². The number of amides is 2. The Morgan fingerprint density at radius 2 is 2.12 bits per heavy atom. The maximum Gasteiger partial charge on any atom is 0.231 e. The fraction of sp³-hybridized carbons (Fsp3) is 0.421. The molecule has 1 fully saturated rings. The number of benzene rings is 1. The molecule has 6 heteroatoms. The molecular weight excluding hydrogens is 334 g/mol. The topological polar surface area (TPSA) is 62.3 Å². The van der Waals surface area contributed by atoms with Crippen molar-refractivity contribution in [3.05, 3.63) is 46.5 Å². The molecule has 1 unspecified atom stereocenters. The number of rotatable bonds is 5. The van der Waals surface area contributed by atoms with Crippen molar-refractivity contribution in [2.45, 2.75) is 32.1 Å². The number of nitrogens with zero attached hydrogens (tertiary/aromatic N) is 2. The lowest BCUT2D eigenvalue weighted by molar-refractivity contribution is -0.128. The molecule has 0 bridgehead atoms. The van der Waals surface area contributed by atoms with Crippen LogP contribution in [0.3, 0.4) is 0 Å². The molecule has 2 aliphatic rings. The molecule has 2 heterocycles. The zero-order valence-corrected chi connectivity index (χ0v) is 14.8. The Kier molecular flexibility index (Phi) is 4.53. The first-order chi connectivity index (χ1) is 12.2. The molecule has 1 aromatic heterocycles. The Morgan fingerprint density at radius 1 is 1.28 bits per heavy atom. The van der Waals surface area contributed by atoms with Crippen molar-refractivity contribution < 1.29 is 9.59 Å². The van der Waals surface area contributed by atoms with Crippen molar-refractivity contribution in [2.24, 2.45) is 5.92 Å². The van der Waals surface area contributed by atoms with Crippen LogP contribution in [0.25, 0.3) is 0 Å². The molecule has 1 aliphatic carbocycles. The third-order valence-electron chi connectivity index (χ3n) is 4.92. The van der Waals surface area contributed by atoms with E-state index < -0.39 is 0 Å². The quantitative estimate of drug-likeness (QED) is 0.897. The van der Waals surface area contributed by atoms with Gasteiger partial charge in [0.2, 0.25) is 11.8 Å². The van der Waals surface area contributed by atoms with Crippen LogP contribution in [0, 0.1) is 5.92 Å². The number of aromatic nitrogens is 1. The standard InChI is InChI=1S/C19H21N3O2S/c23-17-11-14(12-22(17)10-9-13-5-2-1-3-6-13)18(24)21-19-20-15-7-4-8-16(15)25-19/h1-3,5-6,14H,4,7-12H2,(H,20,21,24). The van der Waals surface area contributed by atoms with Gasteiger partial charge in [0.1, 0.15) is 0 Å². The average molecular weight is 355 g/mol. The zero-order valence-electron chi connectivity index (χ0n) is 14.0. The molecule has 0 radical (unpaired) electrons. The number of fused-ring (bicyclic) bond motifs is 1. The zero-order chi connectivity index (χ0) is 17.2. The number of anilines is 1. The summed E-state index contributed by atoms with van der Waals surface area (Å²) >= 11 is 1.58. The number of carbonyl (C=O) groups excluding carboxylic acids is 2. The van der Waals surface area contributed by atoms with E-state index in [4.69, 9.17) is 0 Å². The predicted molar refractivity (Wildman–Crippen MR) is 97.6 cm³/mol. The van der Waals surface area contributed by atoms with Crippen LogP contribution in [-0.2, 0) is 28.9 Å². The second-order valence-electron chi connectivity index (χ2n) is 6.71. The van der Waals surface area contributed by atoms with E-state index in [1.807, 2.05) is 18.2 Å². The molecule has 25 heavy (non-hydrogen) atoms. The summed E-state index contributed by atoms with van der Waals surface area (Å²) in [5.41, 5.74) is 2.34. The monoisotopic (exact) mass is 355 g/mol. The minimum atomic E-state index is -0.276. The van der Waals surface area contributed by atoms with Gasteiger partial charge in [0.25, 0.3) is 0 Å². The number of nitrogens with one attached hydrogen (secondary N) is 1. The highest BCUT2D eigenvalue weighted by Gasteiger charge is 2.34. The van der Waals surface area contributed by atoms with Crippen LogP contribution in [0.15, 0.2) is 30.3 Å². The molecule has 1 N–H and O–H groups in total. The summed E-state index contributed by atoms with van der Waals surface area (Å²) in [6.07, 6.45) is 4.36. The van der Waals surface area contributed by atoms with Gasteiger partial charge in [-0.2, -0.15) is 0 Å². The lowest BCUT2D eigenvalue weighted by Crippen LogP contribution is -2.30. The van der Waals surface area contributed by atoms with E-state index in [2.05, 4.69) is 22.4 Å². The molecule has 1 saturated heterocycles. The van der Waals surface area contributed by atoms with E-state index in [0.717, 1.165) is 31.4 Å². The first-order valence-electron chi connectivity index (χ1n) is 8.80. The molecule has 130 valence electrons. The van der Waals surface area contributed by atoms with Crippen molar-refractivity contribution in [2.75, 3.05) is 18.4 Å². The van der Waals surface area contributed by atoms with Crippen molar-refractivity contribution in [1.29, 1.82) is 0 Å². The molecule has 1 aliphatic heterocycles. The van der Waals surface area contributed by atoms with Crippen molar-refractivity contribution >= 4 is 28.3 Å². The summed E-state index contributed by atoms with van der Waals surface area (Å²) in [6, 6.07) is 10.1. The fourth-order valence-electron chi connectivity index (χ4n) is 3.52. The van der Waals surface area contributed by atoms with Crippen LogP contribution >= 0.6 is 11.3 Å². The number of hydrogen-bond donors (Lipinski definition) is 1. The first kappa shape index (κ1) is 16.3. The minimum Gasteiger partial charge on any atom is -0.342 e. The molecular formula is C19H21N3O2S. The molecule has 1 aromatic carbocycles. The van der Waals surface area contributed by atoms with E-state index >= 15 is 0 Å². The van der Waals surface area contributed by atoms with Gasteiger partial charge >= 0.3 is 0 Å². The van der Waals surface area contributed by atoms with Gasteiger partial charge in [-0.15, -0.1) is 11.3 Å². The number of aryl methyl sites for hydroxylation is 2. The summed E-state index contributed by atoms with van der Waals surface area (Å²) in [5, 5.41) is 3.60. The van der Waals surface area contributed by atoms with Gasteiger partial charge in [0, 0.05) is 24.4 Å². The minimum absolute atomic E-state index is 0.0673. The van der Waals surface area contributed by atoms with Crippen molar-refractivity contribution in [3.8, 4) is 0 Å². The Bertz CT molecular complexity index is 766. The lowest BCUT2D eigenvalue weighted by Gasteiger charge is -2.16. The molecule has 0 saturated carbocycles. The van der Waals surface area contributed by atoms with Gasteiger partial charge in [-0.1, -0.05) is 30.3 Å². The van der Waals surface area contributed by atoms with Crippen LogP contribution in [0.1, 0.15) is 29.0 Å². The van der Waals surface area contributed by atoms with Crippen LogP contribution < -0.4 is 5.32 Å². The normalized spacial score (nSPS) is 19.3. The number of likely N-dealkylation sites (tertiary alicyclic amines) is 1. The van der Waals surface area contributed by atoms with Crippen molar-refractivity contribution in [1.82, 2.24) is 9.88 Å². The molecule has 5 nitrogen and oxygen atoms in total.